The Morgan fingerprint density at radius 2 is 2.11 bits per heavy atom. The van der Waals surface area contributed by atoms with Crippen LogP contribution < -0.4 is 5.32 Å². The number of hydrogen-bond acceptors (Lipinski definition) is 5. The van der Waals surface area contributed by atoms with Gasteiger partial charge in [0.25, 0.3) is 0 Å². The van der Waals surface area contributed by atoms with E-state index in [9.17, 15) is 9.90 Å². The molecule has 0 saturated carbocycles. The molecule has 3 heterocycles. The number of fused-ring (bicyclic) bond motifs is 4. The topological polar surface area (TPSA) is 77.0 Å². The van der Waals surface area contributed by atoms with Gasteiger partial charge in [0.1, 0.15) is 17.8 Å². The van der Waals surface area contributed by atoms with E-state index in [1.807, 2.05) is 13.8 Å². The number of amides is 1. The van der Waals surface area contributed by atoms with E-state index in [1.54, 1.807) is 0 Å². The van der Waals surface area contributed by atoms with Crippen LogP contribution in [0, 0.1) is 0 Å². The fraction of sp³-hybridized carbons (Fsp3) is 0.923. The summed E-state index contributed by atoms with van der Waals surface area (Å²) >= 11 is 0. The molecule has 3 aliphatic heterocycles. The lowest BCUT2D eigenvalue weighted by molar-refractivity contribution is -0.198. The van der Waals surface area contributed by atoms with E-state index < -0.39 is 11.4 Å². The number of aliphatic hydroxyl groups is 1. The van der Waals surface area contributed by atoms with Gasteiger partial charge in [-0.05, 0) is 26.7 Å². The number of aliphatic hydroxyl groups excluding tert-OH is 1. The minimum atomic E-state index is -0.720. The van der Waals surface area contributed by atoms with Crippen LogP contribution in [0.2, 0.25) is 0 Å². The third kappa shape index (κ3) is 1.98. The minimum absolute atomic E-state index is 0.0864. The van der Waals surface area contributed by atoms with Crippen LogP contribution >= 0.6 is 0 Å². The molecule has 3 aliphatic rings. The summed E-state index contributed by atoms with van der Waals surface area (Å²) in [6.45, 7) is 5.08. The zero-order valence-corrected chi connectivity index (χ0v) is 11.5. The van der Waals surface area contributed by atoms with Crippen LogP contribution in [0.4, 0.5) is 0 Å². The van der Waals surface area contributed by atoms with Crippen LogP contribution in [0.3, 0.4) is 0 Å². The normalized spacial score (nSPS) is 46.9. The van der Waals surface area contributed by atoms with Crippen LogP contribution in [0.15, 0.2) is 0 Å². The fourth-order valence-electron chi connectivity index (χ4n) is 3.55. The molecule has 6 heteroatoms. The van der Waals surface area contributed by atoms with Crippen LogP contribution in [-0.4, -0.2) is 53.4 Å². The average Bonchev–Trinajstić information content (AvgIpc) is 2.85. The Bertz CT molecular complexity index is 398. The van der Waals surface area contributed by atoms with Gasteiger partial charge in [0.2, 0.25) is 5.91 Å². The molecule has 4 unspecified atom stereocenters. The number of ether oxygens (including phenoxy) is 3. The van der Waals surface area contributed by atoms with Gasteiger partial charge in [-0.2, -0.15) is 0 Å². The lowest BCUT2D eigenvalue weighted by Gasteiger charge is -2.43. The zero-order valence-electron chi connectivity index (χ0n) is 11.5. The number of rotatable bonds is 2. The van der Waals surface area contributed by atoms with Gasteiger partial charge in [0, 0.05) is 6.92 Å². The molecule has 3 fully saturated rings. The second-order valence-corrected chi connectivity index (χ2v) is 6.16. The van der Waals surface area contributed by atoms with E-state index in [2.05, 4.69) is 5.32 Å². The summed E-state index contributed by atoms with van der Waals surface area (Å²) < 4.78 is 17.9. The highest BCUT2D eigenvalue weighted by Gasteiger charge is 2.64. The zero-order chi connectivity index (χ0) is 13.8. The van der Waals surface area contributed by atoms with Gasteiger partial charge in [-0.1, -0.05) is 0 Å². The highest BCUT2D eigenvalue weighted by Crippen LogP contribution is 2.49. The van der Waals surface area contributed by atoms with E-state index in [0.29, 0.717) is 0 Å². The highest BCUT2D eigenvalue weighted by atomic mass is 16.8. The predicted molar refractivity (Wildman–Crippen MR) is 65.4 cm³/mol. The third-order valence-electron chi connectivity index (χ3n) is 4.28. The van der Waals surface area contributed by atoms with Crippen LogP contribution in [0.5, 0.6) is 0 Å². The van der Waals surface area contributed by atoms with E-state index in [4.69, 9.17) is 14.2 Å². The van der Waals surface area contributed by atoms with Crippen LogP contribution in [-0.2, 0) is 19.0 Å². The Morgan fingerprint density at radius 1 is 1.37 bits per heavy atom. The number of hydrogen-bond donors (Lipinski definition) is 2. The molecule has 6 nitrogen and oxygen atoms in total. The van der Waals surface area contributed by atoms with Crippen molar-refractivity contribution < 1.29 is 24.1 Å². The van der Waals surface area contributed by atoms with E-state index in [0.717, 1.165) is 12.8 Å². The lowest BCUT2D eigenvalue weighted by atomic mass is 9.88. The number of nitrogens with one attached hydrogen (secondary N) is 1. The maximum Gasteiger partial charge on any atom is 0.217 e. The average molecular weight is 271 g/mol. The number of carbonyl (C=O) groups excluding carboxylic acids is 1. The van der Waals surface area contributed by atoms with Gasteiger partial charge >= 0.3 is 0 Å². The smallest absolute Gasteiger partial charge is 0.217 e. The first-order valence-electron chi connectivity index (χ1n) is 6.78. The summed E-state index contributed by atoms with van der Waals surface area (Å²) in [4.78, 5) is 11.4. The highest BCUT2D eigenvalue weighted by molar-refractivity contribution is 5.73. The monoisotopic (exact) mass is 271 g/mol. The van der Waals surface area contributed by atoms with Crippen molar-refractivity contribution in [3.8, 4) is 0 Å². The number of carbonyl (C=O) groups is 1. The predicted octanol–water partition coefficient (Wildman–Crippen LogP) is -0.0651. The molecule has 0 aliphatic carbocycles. The van der Waals surface area contributed by atoms with Gasteiger partial charge in [-0.25, -0.2) is 0 Å². The molecule has 0 spiro atoms. The van der Waals surface area contributed by atoms with Crippen molar-refractivity contribution in [1.82, 2.24) is 5.32 Å². The maximum atomic E-state index is 11.4. The fourth-order valence-corrected chi connectivity index (χ4v) is 3.55. The van der Waals surface area contributed by atoms with Crippen molar-refractivity contribution in [3.63, 3.8) is 0 Å². The first-order chi connectivity index (χ1) is 8.87. The molecular weight excluding hydrogens is 250 g/mol. The molecule has 0 aromatic rings. The van der Waals surface area contributed by atoms with Crippen molar-refractivity contribution >= 4 is 5.91 Å². The van der Waals surface area contributed by atoms with Crippen molar-refractivity contribution in [2.45, 2.75) is 69.4 Å². The maximum absolute atomic E-state index is 11.4. The molecule has 5 atom stereocenters. The van der Waals surface area contributed by atoms with Crippen molar-refractivity contribution in [3.05, 3.63) is 0 Å². The molecule has 2 N–H and O–H groups in total. The summed E-state index contributed by atoms with van der Waals surface area (Å²) in [6.07, 6.45) is 0.793. The molecule has 3 rings (SSSR count). The van der Waals surface area contributed by atoms with Gasteiger partial charge in [0.15, 0.2) is 5.79 Å². The van der Waals surface area contributed by atoms with E-state index in [1.165, 1.54) is 6.92 Å². The van der Waals surface area contributed by atoms with E-state index in [-0.39, 0.29) is 36.9 Å². The Kier molecular flexibility index (Phi) is 2.91. The minimum Gasteiger partial charge on any atom is -0.393 e. The third-order valence-corrected chi connectivity index (χ3v) is 4.28. The van der Waals surface area contributed by atoms with Gasteiger partial charge < -0.3 is 24.6 Å². The Morgan fingerprint density at radius 3 is 2.74 bits per heavy atom. The summed E-state index contributed by atoms with van der Waals surface area (Å²) in [5, 5.41) is 12.6. The Balaban J connectivity index is 1.92. The van der Waals surface area contributed by atoms with Crippen molar-refractivity contribution in [2.75, 3.05) is 6.61 Å². The summed E-state index contributed by atoms with van der Waals surface area (Å²) in [5.74, 6) is -0.828. The molecule has 3 saturated heterocycles. The SMILES string of the molecule is CC(=O)N[C@@H]1C2CCC(CO)(O2)C2OC(C)(C)OC21. The largest absolute Gasteiger partial charge is 0.393 e. The molecule has 0 aromatic heterocycles. The molecule has 19 heavy (non-hydrogen) atoms. The quantitative estimate of drug-likeness (QED) is 0.735. The summed E-state index contributed by atoms with van der Waals surface area (Å²) in [5.41, 5.74) is -0.682. The first kappa shape index (κ1) is 13.3. The Hall–Kier alpha value is -0.690. The van der Waals surface area contributed by atoms with Crippen LogP contribution in [0.25, 0.3) is 0 Å². The van der Waals surface area contributed by atoms with Gasteiger partial charge in [-0.3, -0.25) is 4.79 Å². The summed E-state index contributed by atoms with van der Waals surface area (Å²) in [6, 6.07) is -0.216. The standard InChI is InChI=1S/C13H21NO5/c1-7(16)14-9-8-4-5-13(6-15,17-8)11-10(9)18-12(2,3)19-11/h8-11,15H,4-6H2,1-3H3,(H,14,16)/t8?,9-,10?,11?,13?/m1/s1. The summed E-state index contributed by atoms with van der Waals surface area (Å²) in [7, 11) is 0. The molecular formula is C13H21NO5. The van der Waals surface area contributed by atoms with E-state index >= 15 is 0 Å². The second kappa shape index (κ2) is 4.15. The Labute approximate surface area is 112 Å². The van der Waals surface area contributed by atoms with Gasteiger partial charge in [0.05, 0.1) is 18.8 Å². The van der Waals surface area contributed by atoms with Crippen molar-refractivity contribution in [2.24, 2.45) is 0 Å². The van der Waals surface area contributed by atoms with Crippen molar-refractivity contribution in [1.29, 1.82) is 0 Å². The molecule has 0 radical (unpaired) electrons. The second-order valence-electron chi connectivity index (χ2n) is 6.16. The molecule has 1 amide bonds. The molecule has 108 valence electrons. The lowest BCUT2D eigenvalue weighted by Crippen LogP contribution is -2.64. The van der Waals surface area contributed by atoms with Crippen LogP contribution in [0.1, 0.15) is 33.6 Å². The molecule has 0 aromatic carbocycles. The first-order valence-corrected chi connectivity index (χ1v) is 6.78. The molecule has 2 bridgehead atoms. The van der Waals surface area contributed by atoms with Gasteiger partial charge in [-0.15, -0.1) is 0 Å².